The number of hydrogen-bond acceptors (Lipinski definition) is 4. The molecule has 5 rings (SSSR count). The lowest BCUT2D eigenvalue weighted by atomic mass is 9.94. The second-order valence-electron chi connectivity index (χ2n) is 12.3. The Balaban J connectivity index is 1.62. The zero-order chi connectivity index (χ0) is 36.8. The Morgan fingerprint density at radius 3 is 2.10 bits per heavy atom. The van der Waals surface area contributed by atoms with Crippen molar-refractivity contribution in [2.45, 2.75) is 68.2 Å². The Labute approximate surface area is 310 Å². The van der Waals surface area contributed by atoms with Crippen LogP contribution in [0, 0.1) is 0 Å². The number of alkyl halides is 3. The highest BCUT2D eigenvalue weighted by Gasteiger charge is 2.38. The summed E-state index contributed by atoms with van der Waals surface area (Å²) in [5, 5.41) is 2.99. The van der Waals surface area contributed by atoms with E-state index in [2.05, 4.69) is 5.32 Å². The van der Waals surface area contributed by atoms with E-state index in [1.165, 1.54) is 35.2 Å². The number of benzene rings is 4. The molecule has 0 unspecified atom stereocenters. The molecule has 0 aromatic heterocycles. The number of rotatable bonds is 12. The van der Waals surface area contributed by atoms with Crippen LogP contribution in [-0.2, 0) is 38.8 Å². The maximum absolute atomic E-state index is 14.7. The largest absolute Gasteiger partial charge is 0.417 e. The van der Waals surface area contributed by atoms with Gasteiger partial charge in [-0.2, -0.15) is 13.2 Å². The van der Waals surface area contributed by atoms with Gasteiger partial charge in [-0.15, -0.1) is 0 Å². The van der Waals surface area contributed by atoms with Gasteiger partial charge < -0.3 is 10.2 Å². The van der Waals surface area contributed by atoms with Crippen LogP contribution in [0.1, 0.15) is 48.8 Å². The standard InChI is InChI=1S/C37H35Cl3F3N3O4S/c38-27-17-16-26(33(40)21-27)23-45(34(20-25-10-4-1-5-11-25)36(48)44-28-12-6-2-7-13-28)35(47)24-46(51(49,50)30-14-8-3-9-15-30)29-18-19-32(39)31(22-29)37(41,42)43/h1,3-5,8-11,14-19,21-22,28,34H,2,6-7,12-13,20,23-24H2,(H,44,48)/t34-/m1/s1. The molecule has 0 heterocycles. The van der Waals surface area contributed by atoms with E-state index >= 15 is 0 Å². The maximum atomic E-state index is 14.7. The van der Waals surface area contributed by atoms with Crippen LogP contribution in [0.25, 0.3) is 0 Å². The number of hydrogen-bond donors (Lipinski definition) is 1. The van der Waals surface area contributed by atoms with E-state index in [1.54, 1.807) is 42.5 Å². The molecule has 51 heavy (non-hydrogen) atoms. The summed E-state index contributed by atoms with van der Waals surface area (Å²) in [6, 6.07) is 22.0. The molecule has 7 nitrogen and oxygen atoms in total. The van der Waals surface area contributed by atoms with Gasteiger partial charge in [-0.05, 0) is 66.4 Å². The molecule has 0 radical (unpaired) electrons. The fraction of sp³-hybridized carbons (Fsp3) is 0.297. The van der Waals surface area contributed by atoms with Gasteiger partial charge in [0.05, 0.1) is 21.2 Å². The quantitative estimate of drug-likeness (QED) is 0.156. The molecule has 1 atom stereocenters. The maximum Gasteiger partial charge on any atom is 0.417 e. The molecule has 1 N–H and O–H groups in total. The van der Waals surface area contributed by atoms with E-state index in [-0.39, 0.29) is 28.9 Å². The Kier molecular flexibility index (Phi) is 12.6. The lowest BCUT2D eigenvalue weighted by Gasteiger charge is -2.35. The highest BCUT2D eigenvalue weighted by Crippen LogP contribution is 2.38. The van der Waals surface area contributed by atoms with Crippen molar-refractivity contribution in [1.29, 1.82) is 0 Å². The lowest BCUT2D eigenvalue weighted by Crippen LogP contribution is -2.55. The first-order valence-electron chi connectivity index (χ1n) is 16.3. The summed E-state index contributed by atoms with van der Waals surface area (Å²) in [6.45, 7) is -1.19. The van der Waals surface area contributed by atoms with Crippen LogP contribution in [0.5, 0.6) is 0 Å². The first-order chi connectivity index (χ1) is 24.2. The Morgan fingerprint density at radius 2 is 1.47 bits per heavy atom. The van der Waals surface area contributed by atoms with Gasteiger partial charge in [-0.3, -0.25) is 13.9 Å². The van der Waals surface area contributed by atoms with Crippen molar-refractivity contribution in [1.82, 2.24) is 10.2 Å². The van der Waals surface area contributed by atoms with E-state index in [1.807, 2.05) is 6.07 Å². The fourth-order valence-corrected chi connectivity index (χ4v) is 8.19. The summed E-state index contributed by atoms with van der Waals surface area (Å²) in [7, 11) is -4.64. The minimum atomic E-state index is -4.92. The third-order valence-corrected chi connectivity index (χ3v) is 11.4. The molecule has 0 aliphatic heterocycles. The molecule has 1 saturated carbocycles. The molecule has 270 valence electrons. The number of amides is 2. The number of halogens is 6. The summed E-state index contributed by atoms with van der Waals surface area (Å²) < 4.78 is 71.0. The van der Waals surface area contributed by atoms with Crippen LogP contribution in [0.2, 0.25) is 15.1 Å². The topological polar surface area (TPSA) is 86.8 Å². The van der Waals surface area contributed by atoms with E-state index in [0.717, 1.165) is 49.8 Å². The van der Waals surface area contributed by atoms with E-state index in [4.69, 9.17) is 34.8 Å². The number of anilines is 1. The third kappa shape index (κ3) is 9.77. The van der Waals surface area contributed by atoms with Crippen LogP contribution >= 0.6 is 34.8 Å². The van der Waals surface area contributed by atoms with Gasteiger partial charge in [-0.1, -0.05) is 109 Å². The summed E-state index contributed by atoms with van der Waals surface area (Å²) >= 11 is 18.6. The highest BCUT2D eigenvalue weighted by atomic mass is 35.5. The van der Waals surface area contributed by atoms with Crippen molar-refractivity contribution < 1.29 is 31.2 Å². The van der Waals surface area contributed by atoms with Crippen molar-refractivity contribution in [3.8, 4) is 0 Å². The summed E-state index contributed by atoms with van der Waals surface area (Å²) in [5.41, 5.74) is -0.579. The minimum absolute atomic E-state index is 0.0565. The molecule has 4 aromatic carbocycles. The smallest absolute Gasteiger partial charge is 0.352 e. The number of carbonyl (C=O) groups excluding carboxylic acids is 2. The van der Waals surface area contributed by atoms with Gasteiger partial charge in [0.1, 0.15) is 12.6 Å². The molecule has 0 spiro atoms. The zero-order valence-electron chi connectivity index (χ0n) is 27.3. The minimum Gasteiger partial charge on any atom is -0.352 e. The normalized spacial score (nSPS) is 14.5. The lowest BCUT2D eigenvalue weighted by molar-refractivity contribution is -0.140. The average Bonchev–Trinajstić information content (AvgIpc) is 3.10. The van der Waals surface area contributed by atoms with Crippen molar-refractivity contribution >= 4 is 62.3 Å². The second-order valence-corrected chi connectivity index (χ2v) is 15.4. The molecule has 1 aliphatic rings. The van der Waals surface area contributed by atoms with Gasteiger partial charge in [0.15, 0.2) is 0 Å². The fourth-order valence-electron chi connectivity index (χ4n) is 6.07. The first-order valence-corrected chi connectivity index (χ1v) is 18.8. The Morgan fingerprint density at radius 1 is 0.824 bits per heavy atom. The van der Waals surface area contributed by atoms with Crippen molar-refractivity contribution in [2.75, 3.05) is 10.8 Å². The van der Waals surface area contributed by atoms with Crippen molar-refractivity contribution in [3.63, 3.8) is 0 Å². The van der Waals surface area contributed by atoms with Crippen LogP contribution in [0.3, 0.4) is 0 Å². The van der Waals surface area contributed by atoms with E-state index < -0.39 is 56.9 Å². The number of nitrogens with zero attached hydrogens (tertiary/aromatic N) is 2. The van der Waals surface area contributed by atoms with Crippen LogP contribution in [0.4, 0.5) is 18.9 Å². The third-order valence-electron chi connectivity index (χ3n) is 8.73. The monoisotopic (exact) mass is 779 g/mol. The second kappa shape index (κ2) is 16.7. The van der Waals surface area contributed by atoms with Gasteiger partial charge in [-0.25, -0.2) is 8.42 Å². The van der Waals surface area contributed by atoms with Crippen LogP contribution in [-0.4, -0.2) is 43.8 Å². The highest BCUT2D eigenvalue weighted by molar-refractivity contribution is 7.92. The molecule has 2 amide bonds. The van der Waals surface area contributed by atoms with Gasteiger partial charge >= 0.3 is 6.18 Å². The predicted molar refractivity (Wildman–Crippen MR) is 193 cm³/mol. The Bertz CT molecular complexity index is 1950. The summed E-state index contributed by atoms with van der Waals surface area (Å²) in [4.78, 5) is 29.9. The predicted octanol–water partition coefficient (Wildman–Crippen LogP) is 8.95. The van der Waals surface area contributed by atoms with Crippen molar-refractivity contribution in [3.05, 3.63) is 129 Å². The van der Waals surface area contributed by atoms with Crippen LogP contribution < -0.4 is 9.62 Å². The molecule has 0 saturated heterocycles. The SMILES string of the molecule is O=C(NC1CCCCC1)[C@@H](Cc1ccccc1)N(Cc1ccc(Cl)cc1Cl)C(=O)CN(c1ccc(Cl)c(C(F)(F)F)c1)S(=O)(=O)c1ccccc1. The molecule has 0 bridgehead atoms. The molecule has 14 heteroatoms. The zero-order valence-corrected chi connectivity index (χ0v) is 30.3. The van der Waals surface area contributed by atoms with Gasteiger partial charge in [0.25, 0.3) is 10.0 Å². The van der Waals surface area contributed by atoms with E-state index in [0.29, 0.717) is 21.0 Å². The number of nitrogens with one attached hydrogen (secondary N) is 1. The number of carbonyl (C=O) groups is 2. The number of sulfonamides is 1. The van der Waals surface area contributed by atoms with Crippen LogP contribution in [0.15, 0.2) is 102 Å². The Hall–Kier alpha value is -3.77. The molecular formula is C37H35Cl3F3N3O4S. The summed E-state index contributed by atoms with van der Waals surface area (Å²) in [5.74, 6) is -1.31. The first kappa shape index (κ1) is 38.5. The summed E-state index contributed by atoms with van der Waals surface area (Å²) in [6.07, 6.45) is -0.416. The van der Waals surface area contributed by atoms with E-state index in [9.17, 15) is 31.2 Å². The molecule has 4 aromatic rings. The van der Waals surface area contributed by atoms with Gasteiger partial charge in [0.2, 0.25) is 11.8 Å². The van der Waals surface area contributed by atoms with Crippen molar-refractivity contribution in [2.24, 2.45) is 0 Å². The molecule has 1 fully saturated rings. The average molecular weight is 781 g/mol. The molecule has 1 aliphatic carbocycles. The van der Waals surface area contributed by atoms with Gasteiger partial charge in [0, 0.05) is 29.1 Å². The molecular weight excluding hydrogens is 746 g/mol.